The van der Waals surface area contributed by atoms with E-state index in [1.165, 1.54) is 7.11 Å². The highest BCUT2D eigenvalue weighted by atomic mass is 16.6. The number of benzene rings is 2. The van der Waals surface area contributed by atoms with Crippen molar-refractivity contribution in [3.8, 4) is 0 Å². The monoisotopic (exact) mass is 472 g/mol. The summed E-state index contributed by atoms with van der Waals surface area (Å²) in [6, 6.07) is 9.23. The first-order valence-corrected chi connectivity index (χ1v) is 10.2. The fourth-order valence-electron chi connectivity index (χ4n) is 3.14. The van der Waals surface area contributed by atoms with Crippen LogP contribution in [0.4, 0.5) is 11.4 Å². The Bertz CT molecular complexity index is 1060. The molecule has 0 heterocycles. The molecule has 0 spiro atoms. The Morgan fingerprint density at radius 3 is 1.97 bits per heavy atom. The largest absolute Gasteiger partial charge is 0.467 e. The molecule has 12 nitrogen and oxygen atoms in total. The number of esters is 1. The van der Waals surface area contributed by atoms with Crippen LogP contribution in [0.15, 0.2) is 48.5 Å². The predicted octanol–water partition coefficient (Wildman–Crippen LogP) is 2.16. The number of carbonyl (C=O) groups is 3. The Kier molecular flexibility index (Phi) is 8.76. The zero-order chi connectivity index (χ0) is 25.4. The van der Waals surface area contributed by atoms with Gasteiger partial charge in [0.1, 0.15) is 12.1 Å². The lowest BCUT2D eigenvalue weighted by Gasteiger charge is -2.24. The summed E-state index contributed by atoms with van der Waals surface area (Å²) in [7, 11) is 1.18. The number of nitro groups is 2. The predicted molar refractivity (Wildman–Crippen MR) is 120 cm³/mol. The molecule has 2 N–H and O–H groups in total. The SMILES string of the molecule is COC(=O)[C@H](Cc1ccccc1)NC(=O)[C@@H](NC(=O)c1cc([N+](=O)[O-])cc([N+](=O)[O-])c1)C(C)C. The second-order valence-electron chi connectivity index (χ2n) is 7.72. The quantitative estimate of drug-likeness (QED) is 0.301. The van der Waals surface area contributed by atoms with Crippen LogP contribution in [0, 0.1) is 26.1 Å². The molecule has 0 unspecified atom stereocenters. The average Bonchev–Trinajstić information content (AvgIpc) is 2.81. The summed E-state index contributed by atoms with van der Waals surface area (Å²) < 4.78 is 4.78. The number of hydrogen-bond acceptors (Lipinski definition) is 8. The number of methoxy groups -OCH3 is 1. The van der Waals surface area contributed by atoms with Gasteiger partial charge in [-0.05, 0) is 11.5 Å². The molecule has 2 aromatic rings. The maximum Gasteiger partial charge on any atom is 0.328 e. The van der Waals surface area contributed by atoms with Gasteiger partial charge in [-0.2, -0.15) is 0 Å². The standard InChI is InChI=1S/C22H24N4O8/c1-13(2)19(21(28)23-18(22(29)34-3)9-14-7-5-4-6-8-14)24-20(27)15-10-16(25(30)31)12-17(11-15)26(32)33/h4-8,10-13,18-19H,9H2,1-3H3,(H,23,28)(H,24,27)/t18-,19-/m0/s1. The highest BCUT2D eigenvalue weighted by Gasteiger charge is 2.30. The molecule has 34 heavy (non-hydrogen) atoms. The first kappa shape index (κ1) is 25.9. The topological polar surface area (TPSA) is 171 Å². The first-order chi connectivity index (χ1) is 16.0. The number of non-ortho nitro benzene ring substituents is 2. The lowest BCUT2D eigenvalue weighted by molar-refractivity contribution is -0.394. The molecule has 0 saturated heterocycles. The minimum Gasteiger partial charge on any atom is -0.467 e. The summed E-state index contributed by atoms with van der Waals surface area (Å²) >= 11 is 0. The van der Waals surface area contributed by atoms with Crippen molar-refractivity contribution in [3.05, 3.63) is 79.9 Å². The number of rotatable bonds is 10. The molecule has 2 aromatic carbocycles. The Morgan fingerprint density at radius 2 is 1.50 bits per heavy atom. The third kappa shape index (κ3) is 6.82. The first-order valence-electron chi connectivity index (χ1n) is 10.2. The number of carbonyl (C=O) groups excluding carboxylic acids is 3. The Hall–Kier alpha value is -4.35. The van der Waals surface area contributed by atoms with Gasteiger partial charge in [0.2, 0.25) is 5.91 Å². The molecule has 0 aliphatic carbocycles. The van der Waals surface area contributed by atoms with Crippen LogP contribution < -0.4 is 10.6 Å². The summed E-state index contributed by atoms with van der Waals surface area (Å²) in [6.45, 7) is 3.29. The van der Waals surface area contributed by atoms with E-state index >= 15 is 0 Å². The van der Waals surface area contributed by atoms with E-state index in [4.69, 9.17) is 4.74 Å². The van der Waals surface area contributed by atoms with Crippen molar-refractivity contribution in [1.29, 1.82) is 0 Å². The van der Waals surface area contributed by atoms with Gasteiger partial charge in [-0.25, -0.2) is 4.79 Å². The van der Waals surface area contributed by atoms with Gasteiger partial charge in [-0.1, -0.05) is 44.2 Å². The summed E-state index contributed by atoms with van der Waals surface area (Å²) in [5.74, 6) is -2.74. The van der Waals surface area contributed by atoms with Gasteiger partial charge in [-0.15, -0.1) is 0 Å². The normalized spacial score (nSPS) is 12.4. The molecular weight excluding hydrogens is 448 g/mol. The van der Waals surface area contributed by atoms with Crippen molar-refractivity contribution < 1.29 is 29.0 Å². The smallest absolute Gasteiger partial charge is 0.328 e. The molecule has 2 rings (SSSR count). The lowest BCUT2D eigenvalue weighted by atomic mass is 10.0. The van der Waals surface area contributed by atoms with E-state index in [2.05, 4.69) is 10.6 Å². The van der Waals surface area contributed by atoms with Gasteiger partial charge >= 0.3 is 5.97 Å². The molecule has 2 atom stereocenters. The van der Waals surface area contributed by atoms with E-state index in [0.29, 0.717) is 0 Å². The van der Waals surface area contributed by atoms with Crippen molar-refractivity contribution >= 4 is 29.2 Å². The van der Waals surface area contributed by atoms with Crippen molar-refractivity contribution in [2.45, 2.75) is 32.4 Å². The molecular formula is C22H24N4O8. The summed E-state index contributed by atoms with van der Waals surface area (Å²) in [4.78, 5) is 58.4. The minimum absolute atomic E-state index is 0.148. The van der Waals surface area contributed by atoms with Gasteiger partial charge in [-0.3, -0.25) is 29.8 Å². The summed E-state index contributed by atoms with van der Waals surface area (Å²) in [5, 5.41) is 27.2. The third-order valence-electron chi connectivity index (χ3n) is 4.91. The Labute approximate surface area is 194 Å². The molecule has 12 heteroatoms. The molecule has 0 aliphatic heterocycles. The highest BCUT2D eigenvalue weighted by Crippen LogP contribution is 2.23. The molecule has 0 aliphatic rings. The number of hydrogen-bond donors (Lipinski definition) is 2. The van der Waals surface area contributed by atoms with Gasteiger partial charge in [0, 0.05) is 18.6 Å². The van der Waals surface area contributed by atoms with Crippen LogP contribution >= 0.6 is 0 Å². The van der Waals surface area contributed by atoms with Crippen molar-refractivity contribution in [3.63, 3.8) is 0 Å². The van der Waals surface area contributed by atoms with Crippen LogP contribution in [0.5, 0.6) is 0 Å². The summed E-state index contributed by atoms with van der Waals surface area (Å²) in [5.41, 5.74) is -0.863. The van der Waals surface area contributed by atoms with E-state index in [1.54, 1.807) is 44.2 Å². The summed E-state index contributed by atoms with van der Waals surface area (Å²) in [6.07, 6.45) is 0.148. The van der Waals surface area contributed by atoms with Crippen molar-refractivity contribution in [2.75, 3.05) is 7.11 Å². The zero-order valence-corrected chi connectivity index (χ0v) is 18.7. The number of amides is 2. The fraction of sp³-hybridized carbons (Fsp3) is 0.318. The highest BCUT2D eigenvalue weighted by molar-refractivity contribution is 5.99. The average molecular weight is 472 g/mol. The molecule has 0 bridgehead atoms. The van der Waals surface area contributed by atoms with Crippen molar-refractivity contribution in [1.82, 2.24) is 10.6 Å². The zero-order valence-electron chi connectivity index (χ0n) is 18.7. The van der Waals surface area contributed by atoms with Crippen LogP contribution in [-0.4, -0.2) is 46.8 Å². The number of nitro benzene ring substituents is 2. The lowest BCUT2D eigenvalue weighted by Crippen LogP contribution is -2.54. The van der Waals surface area contributed by atoms with Gasteiger partial charge in [0.25, 0.3) is 17.3 Å². The van der Waals surface area contributed by atoms with Crippen LogP contribution in [0.3, 0.4) is 0 Å². The maximum absolute atomic E-state index is 13.0. The minimum atomic E-state index is -1.14. The number of nitrogens with zero attached hydrogens (tertiary/aromatic N) is 2. The van der Waals surface area contributed by atoms with E-state index in [1.807, 2.05) is 0 Å². The second kappa shape index (κ2) is 11.5. The molecule has 0 saturated carbocycles. The molecule has 2 amide bonds. The Balaban J connectivity index is 2.25. The molecule has 0 aromatic heterocycles. The molecule has 0 radical (unpaired) electrons. The van der Waals surface area contributed by atoms with E-state index < -0.39 is 57.0 Å². The Morgan fingerprint density at radius 1 is 0.941 bits per heavy atom. The van der Waals surface area contributed by atoms with Crippen LogP contribution in [0.25, 0.3) is 0 Å². The van der Waals surface area contributed by atoms with Gasteiger partial charge in [0.05, 0.1) is 28.6 Å². The van der Waals surface area contributed by atoms with Crippen molar-refractivity contribution in [2.24, 2.45) is 5.92 Å². The van der Waals surface area contributed by atoms with E-state index in [0.717, 1.165) is 23.8 Å². The van der Waals surface area contributed by atoms with E-state index in [-0.39, 0.29) is 12.0 Å². The number of nitrogens with one attached hydrogen (secondary N) is 2. The maximum atomic E-state index is 13.0. The molecule has 180 valence electrons. The second-order valence-corrected chi connectivity index (χ2v) is 7.72. The van der Waals surface area contributed by atoms with Gasteiger partial charge in [0.15, 0.2) is 0 Å². The van der Waals surface area contributed by atoms with Crippen LogP contribution in [-0.2, 0) is 20.7 Å². The van der Waals surface area contributed by atoms with Crippen LogP contribution in [0.1, 0.15) is 29.8 Å². The third-order valence-corrected chi connectivity index (χ3v) is 4.91. The molecule has 0 fully saturated rings. The van der Waals surface area contributed by atoms with E-state index in [9.17, 15) is 34.6 Å². The van der Waals surface area contributed by atoms with Crippen LogP contribution in [0.2, 0.25) is 0 Å². The fourth-order valence-corrected chi connectivity index (χ4v) is 3.14. The number of ether oxygens (including phenoxy) is 1. The van der Waals surface area contributed by atoms with Gasteiger partial charge < -0.3 is 15.4 Å².